The van der Waals surface area contributed by atoms with Crippen molar-refractivity contribution in [1.29, 1.82) is 0 Å². The fourth-order valence-corrected chi connectivity index (χ4v) is 3.29. The number of amides is 1. The number of rotatable bonds is 6. The highest BCUT2D eigenvalue weighted by molar-refractivity contribution is 5.76. The number of carbonyl (C=O) groups excluding carboxylic acids is 1. The lowest BCUT2D eigenvalue weighted by Gasteiger charge is -2.10. The zero-order valence-corrected chi connectivity index (χ0v) is 16.6. The van der Waals surface area contributed by atoms with E-state index in [1.54, 1.807) is 19.6 Å². The number of nitrogens with one attached hydrogen (secondary N) is 1. The van der Waals surface area contributed by atoms with Gasteiger partial charge < -0.3 is 14.5 Å². The Balaban J connectivity index is 1.44. The van der Waals surface area contributed by atoms with Gasteiger partial charge in [-0.05, 0) is 11.1 Å². The average Bonchev–Trinajstić information content (AvgIpc) is 3.39. The van der Waals surface area contributed by atoms with E-state index in [1.807, 2.05) is 35.0 Å². The quantitative estimate of drug-likeness (QED) is 0.484. The number of hydrogen-bond acceptors (Lipinski definition) is 5. The van der Waals surface area contributed by atoms with Crippen LogP contribution >= 0.6 is 0 Å². The molecule has 154 valence electrons. The summed E-state index contributed by atoms with van der Waals surface area (Å²) in [6.45, 7) is 0.661. The minimum atomic E-state index is -0.579. The number of hydrogen-bond donors (Lipinski definition) is 1. The smallest absolute Gasteiger partial charge is 0.332 e. The van der Waals surface area contributed by atoms with Crippen molar-refractivity contribution in [3.05, 3.63) is 81.3 Å². The number of carbonyl (C=O) groups is 1. The lowest BCUT2D eigenvalue weighted by molar-refractivity contribution is -0.121. The van der Waals surface area contributed by atoms with Gasteiger partial charge >= 0.3 is 5.69 Å². The van der Waals surface area contributed by atoms with E-state index in [1.165, 1.54) is 22.5 Å². The summed E-state index contributed by atoms with van der Waals surface area (Å²) in [5.41, 5.74) is 1.48. The summed E-state index contributed by atoms with van der Waals surface area (Å²) >= 11 is 0. The highest BCUT2D eigenvalue weighted by Crippen LogP contribution is 2.07. The van der Waals surface area contributed by atoms with E-state index in [4.69, 9.17) is 0 Å². The predicted molar refractivity (Wildman–Crippen MR) is 110 cm³/mol. The summed E-state index contributed by atoms with van der Waals surface area (Å²) in [5, 5.41) is 2.76. The first-order chi connectivity index (χ1) is 14.4. The molecule has 10 heteroatoms. The third-order valence-electron chi connectivity index (χ3n) is 4.94. The van der Waals surface area contributed by atoms with E-state index in [0.717, 1.165) is 22.2 Å². The van der Waals surface area contributed by atoms with Crippen molar-refractivity contribution in [2.24, 2.45) is 14.1 Å². The maximum absolute atomic E-state index is 12.7. The van der Waals surface area contributed by atoms with Crippen LogP contribution in [0.15, 0.2) is 58.9 Å². The molecule has 0 saturated carbocycles. The van der Waals surface area contributed by atoms with Gasteiger partial charge in [-0.25, -0.2) is 19.3 Å². The zero-order valence-electron chi connectivity index (χ0n) is 16.6. The Morgan fingerprint density at radius 3 is 2.50 bits per heavy atom. The second-order valence-corrected chi connectivity index (χ2v) is 7.09. The summed E-state index contributed by atoms with van der Waals surface area (Å²) in [7, 11) is 3.19. The third kappa shape index (κ3) is 3.66. The highest BCUT2D eigenvalue weighted by Gasteiger charge is 2.16. The van der Waals surface area contributed by atoms with E-state index in [2.05, 4.69) is 15.3 Å². The van der Waals surface area contributed by atoms with Crippen molar-refractivity contribution >= 4 is 17.1 Å². The first-order valence-electron chi connectivity index (χ1n) is 9.35. The first-order valence-corrected chi connectivity index (χ1v) is 9.35. The fourth-order valence-electron chi connectivity index (χ4n) is 3.29. The van der Waals surface area contributed by atoms with Crippen LogP contribution in [0.25, 0.3) is 11.2 Å². The minimum Gasteiger partial charge on any atom is -0.350 e. The second kappa shape index (κ2) is 7.82. The van der Waals surface area contributed by atoms with Gasteiger partial charge in [0.15, 0.2) is 11.2 Å². The molecule has 1 N–H and O–H groups in total. The van der Waals surface area contributed by atoms with Crippen LogP contribution in [0.4, 0.5) is 0 Å². The lowest BCUT2D eigenvalue weighted by atomic mass is 10.1. The Labute approximate surface area is 171 Å². The van der Waals surface area contributed by atoms with Crippen molar-refractivity contribution < 1.29 is 4.79 Å². The topological polar surface area (TPSA) is 109 Å². The van der Waals surface area contributed by atoms with Crippen LogP contribution in [0, 0.1) is 0 Å². The number of fused-ring (bicyclic) bond motifs is 1. The summed E-state index contributed by atoms with van der Waals surface area (Å²) < 4.78 is 5.70. The fraction of sp³-hybridized carbons (Fsp3) is 0.250. The van der Waals surface area contributed by atoms with Gasteiger partial charge in [-0.1, -0.05) is 24.3 Å². The molecule has 4 rings (SSSR count). The van der Waals surface area contributed by atoms with Crippen LogP contribution in [-0.2, 0) is 38.5 Å². The number of imidazole rings is 2. The van der Waals surface area contributed by atoms with Crippen molar-refractivity contribution in [3.8, 4) is 0 Å². The summed E-state index contributed by atoms with van der Waals surface area (Å²) in [4.78, 5) is 45.6. The van der Waals surface area contributed by atoms with Crippen LogP contribution in [-0.4, -0.2) is 34.1 Å². The Morgan fingerprint density at radius 1 is 1.07 bits per heavy atom. The average molecular weight is 407 g/mol. The Hall–Kier alpha value is -3.95. The monoisotopic (exact) mass is 407 g/mol. The van der Waals surface area contributed by atoms with Gasteiger partial charge in [-0.2, -0.15) is 0 Å². The van der Waals surface area contributed by atoms with Crippen molar-refractivity contribution in [3.63, 3.8) is 0 Å². The van der Waals surface area contributed by atoms with Crippen molar-refractivity contribution in [2.45, 2.75) is 19.6 Å². The largest absolute Gasteiger partial charge is 0.350 e. The molecule has 4 aromatic rings. The lowest BCUT2D eigenvalue weighted by Crippen LogP contribution is -2.43. The molecule has 1 amide bonds. The molecule has 0 unspecified atom stereocenters. The van der Waals surface area contributed by atoms with Crippen LogP contribution in [0.1, 0.15) is 11.1 Å². The Kier molecular flexibility index (Phi) is 5.05. The van der Waals surface area contributed by atoms with Crippen LogP contribution < -0.4 is 16.6 Å². The van der Waals surface area contributed by atoms with E-state index < -0.39 is 17.2 Å². The van der Waals surface area contributed by atoms with Crippen LogP contribution in [0.2, 0.25) is 0 Å². The molecule has 0 bridgehead atoms. The maximum atomic E-state index is 12.7. The predicted octanol–water partition coefficient (Wildman–Crippen LogP) is -0.00510. The zero-order chi connectivity index (χ0) is 21.3. The molecule has 0 aliphatic heterocycles. The number of benzene rings is 1. The number of nitrogens with zero attached hydrogens (tertiary/aromatic N) is 6. The van der Waals surface area contributed by atoms with E-state index >= 15 is 0 Å². The molecule has 3 aromatic heterocycles. The second-order valence-electron chi connectivity index (χ2n) is 7.09. The molecular formula is C20H21N7O3. The highest BCUT2D eigenvalue weighted by atomic mass is 16.2. The van der Waals surface area contributed by atoms with Crippen LogP contribution in [0.5, 0.6) is 0 Å². The van der Waals surface area contributed by atoms with E-state index in [9.17, 15) is 14.4 Å². The van der Waals surface area contributed by atoms with Gasteiger partial charge in [0, 0.05) is 39.6 Å². The van der Waals surface area contributed by atoms with E-state index in [0.29, 0.717) is 12.2 Å². The molecule has 3 heterocycles. The molecule has 0 saturated heterocycles. The van der Waals surface area contributed by atoms with Gasteiger partial charge in [0.1, 0.15) is 6.54 Å². The molecule has 30 heavy (non-hydrogen) atoms. The standard InChI is InChI=1S/C20H21N7O3/c1-24-13-23-18-17(24)19(29)27(20(30)25(18)2)11-16(28)22-9-14-3-5-15(6-4-14)10-26-8-7-21-12-26/h3-8,12-13H,9-11H2,1-2H3,(H,22,28). The van der Waals surface area contributed by atoms with E-state index in [-0.39, 0.29) is 12.1 Å². The summed E-state index contributed by atoms with van der Waals surface area (Å²) in [5.74, 6) is -0.418. The third-order valence-corrected chi connectivity index (χ3v) is 4.94. The molecule has 0 atom stereocenters. The van der Waals surface area contributed by atoms with Crippen LogP contribution in [0.3, 0.4) is 0 Å². The van der Waals surface area contributed by atoms with Gasteiger partial charge in [-0.3, -0.25) is 14.2 Å². The molecule has 0 aliphatic rings. The van der Waals surface area contributed by atoms with Crippen molar-refractivity contribution in [2.75, 3.05) is 0 Å². The first kappa shape index (κ1) is 19.4. The molecular weight excluding hydrogens is 386 g/mol. The Bertz CT molecular complexity index is 1310. The summed E-state index contributed by atoms with van der Waals surface area (Å²) in [6.07, 6.45) is 6.84. The molecule has 0 aliphatic carbocycles. The normalized spacial score (nSPS) is 11.1. The molecule has 0 radical (unpaired) electrons. The molecule has 1 aromatic carbocycles. The van der Waals surface area contributed by atoms with Gasteiger partial charge in [0.25, 0.3) is 5.56 Å². The van der Waals surface area contributed by atoms with Crippen molar-refractivity contribution in [1.82, 2.24) is 33.6 Å². The van der Waals surface area contributed by atoms with Gasteiger partial charge in [0.2, 0.25) is 5.91 Å². The van der Waals surface area contributed by atoms with Gasteiger partial charge in [-0.15, -0.1) is 0 Å². The minimum absolute atomic E-state index is 0.276. The molecule has 0 spiro atoms. The SMILES string of the molecule is Cn1cnc2c1c(=O)n(CC(=O)NCc1ccc(Cn3ccnc3)cc1)c(=O)n2C. The number of aryl methyl sites for hydroxylation is 2. The maximum Gasteiger partial charge on any atom is 0.332 e. The molecule has 0 fully saturated rings. The number of aromatic nitrogens is 6. The summed E-state index contributed by atoms with van der Waals surface area (Å²) in [6, 6.07) is 7.83. The Morgan fingerprint density at radius 2 is 1.80 bits per heavy atom. The van der Waals surface area contributed by atoms with Gasteiger partial charge in [0.05, 0.1) is 12.7 Å². The molecule has 10 nitrogen and oxygen atoms in total.